The van der Waals surface area contributed by atoms with Crippen LogP contribution in [0.3, 0.4) is 0 Å². The molecular formula is C12H19N3O. The fourth-order valence-corrected chi connectivity index (χ4v) is 2.17. The Morgan fingerprint density at radius 2 is 2.38 bits per heavy atom. The largest absolute Gasteiger partial charge is 0.378 e. The van der Waals surface area contributed by atoms with Crippen molar-refractivity contribution in [2.45, 2.75) is 39.3 Å². The van der Waals surface area contributed by atoms with Crippen LogP contribution in [-0.4, -0.2) is 29.0 Å². The van der Waals surface area contributed by atoms with Crippen LogP contribution in [0.2, 0.25) is 0 Å². The van der Waals surface area contributed by atoms with Crippen LogP contribution >= 0.6 is 0 Å². The Labute approximate surface area is 96.4 Å². The molecule has 1 aliphatic rings. The van der Waals surface area contributed by atoms with E-state index in [0.29, 0.717) is 12.1 Å². The second kappa shape index (κ2) is 4.37. The summed E-state index contributed by atoms with van der Waals surface area (Å²) in [5.41, 5.74) is 0.160. The molecule has 1 saturated carbocycles. The van der Waals surface area contributed by atoms with Crippen LogP contribution in [0.4, 0.5) is 5.82 Å². The van der Waals surface area contributed by atoms with E-state index in [-0.39, 0.29) is 5.41 Å². The molecule has 16 heavy (non-hydrogen) atoms. The summed E-state index contributed by atoms with van der Waals surface area (Å²) < 4.78 is 5.68. The number of rotatable bonds is 4. The van der Waals surface area contributed by atoms with E-state index in [1.54, 1.807) is 6.20 Å². The van der Waals surface area contributed by atoms with E-state index in [4.69, 9.17) is 4.74 Å². The van der Waals surface area contributed by atoms with Crippen molar-refractivity contribution < 1.29 is 4.74 Å². The van der Waals surface area contributed by atoms with E-state index in [0.717, 1.165) is 18.8 Å². The number of ether oxygens (including phenoxy) is 1. The maximum atomic E-state index is 5.68. The molecule has 0 aromatic carbocycles. The van der Waals surface area contributed by atoms with Crippen LogP contribution < -0.4 is 5.32 Å². The average Bonchev–Trinajstić information content (AvgIpc) is 2.29. The molecule has 0 bridgehead atoms. The van der Waals surface area contributed by atoms with E-state index in [1.807, 2.05) is 19.1 Å². The summed E-state index contributed by atoms with van der Waals surface area (Å²) in [6.45, 7) is 7.28. The molecular weight excluding hydrogens is 202 g/mol. The first-order chi connectivity index (χ1) is 7.64. The van der Waals surface area contributed by atoms with Crippen molar-refractivity contribution in [3.05, 3.63) is 18.3 Å². The molecule has 1 aromatic heterocycles. The van der Waals surface area contributed by atoms with Gasteiger partial charge in [0.2, 0.25) is 0 Å². The minimum Gasteiger partial charge on any atom is -0.378 e. The van der Waals surface area contributed by atoms with E-state index in [2.05, 4.69) is 29.4 Å². The lowest BCUT2D eigenvalue weighted by molar-refractivity contribution is -0.0976. The van der Waals surface area contributed by atoms with Crippen LogP contribution in [0.1, 0.15) is 27.2 Å². The first kappa shape index (κ1) is 11.3. The molecule has 1 aromatic rings. The predicted molar refractivity (Wildman–Crippen MR) is 63.3 cm³/mol. The number of anilines is 1. The van der Waals surface area contributed by atoms with Crippen LogP contribution in [0.25, 0.3) is 0 Å². The molecule has 0 aliphatic heterocycles. The normalized spacial score (nSPS) is 27.2. The van der Waals surface area contributed by atoms with Gasteiger partial charge < -0.3 is 10.1 Å². The molecule has 2 atom stereocenters. The minimum atomic E-state index is 0.160. The first-order valence-electron chi connectivity index (χ1n) is 5.80. The molecule has 1 N–H and O–H groups in total. The van der Waals surface area contributed by atoms with Crippen molar-refractivity contribution in [2.75, 3.05) is 11.9 Å². The third-order valence-electron chi connectivity index (χ3n) is 3.44. The molecule has 88 valence electrons. The molecule has 0 radical (unpaired) electrons. The van der Waals surface area contributed by atoms with Gasteiger partial charge in [-0.3, -0.25) is 0 Å². The van der Waals surface area contributed by atoms with Crippen LogP contribution in [0, 0.1) is 5.41 Å². The lowest BCUT2D eigenvalue weighted by Gasteiger charge is -2.51. The van der Waals surface area contributed by atoms with Crippen molar-refractivity contribution in [3.63, 3.8) is 0 Å². The van der Waals surface area contributed by atoms with E-state index in [9.17, 15) is 0 Å². The Bertz CT molecular complexity index is 339. The standard InChI is InChI=1S/C12H19N3O/c1-4-16-10-8-9(12(10,2)3)14-11-6-5-7-13-15-11/h5-7,9-10H,4,8H2,1-3H3,(H,14,15). The quantitative estimate of drug-likeness (QED) is 0.845. The highest BCUT2D eigenvalue weighted by atomic mass is 16.5. The second-order valence-electron chi connectivity index (χ2n) is 4.81. The van der Waals surface area contributed by atoms with Crippen molar-refractivity contribution in [2.24, 2.45) is 5.41 Å². The number of nitrogens with zero attached hydrogens (tertiary/aromatic N) is 2. The Morgan fingerprint density at radius 1 is 1.56 bits per heavy atom. The summed E-state index contributed by atoms with van der Waals surface area (Å²) >= 11 is 0. The van der Waals surface area contributed by atoms with Crippen molar-refractivity contribution >= 4 is 5.82 Å². The number of aromatic nitrogens is 2. The topological polar surface area (TPSA) is 47.0 Å². The molecule has 0 spiro atoms. The van der Waals surface area contributed by atoms with Gasteiger partial charge in [0.1, 0.15) is 5.82 Å². The molecule has 2 rings (SSSR count). The molecule has 2 unspecified atom stereocenters. The van der Waals surface area contributed by atoms with Gasteiger partial charge in [-0.1, -0.05) is 13.8 Å². The average molecular weight is 221 g/mol. The van der Waals surface area contributed by atoms with Crippen molar-refractivity contribution in [1.82, 2.24) is 10.2 Å². The molecule has 1 heterocycles. The highest BCUT2D eigenvalue weighted by Crippen LogP contribution is 2.44. The minimum absolute atomic E-state index is 0.160. The third-order valence-corrected chi connectivity index (χ3v) is 3.44. The van der Waals surface area contributed by atoms with Gasteiger partial charge in [0.05, 0.1) is 6.10 Å². The molecule has 0 amide bonds. The van der Waals surface area contributed by atoms with Crippen molar-refractivity contribution in [1.29, 1.82) is 0 Å². The van der Waals surface area contributed by atoms with Gasteiger partial charge in [-0.2, -0.15) is 5.10 Å². The SMILES string of the molecule is CCOC1CC(Nc2cccnn2)C1(C)C. The highest BCUT2D eigenvalue weighted by molar-refractivity contribution is 5.35. The second-order valence-corrected chi connectivity index (χ2v) is 4.81. The summed E-state index contributed by atoms with van der Waals surface area (Å²) in [5.74, 6) is 0.843. The van der Waals surface area contributed by atoms with Gasteiger partial charge in [-0.05, 0) is 25.5 Å². The van der Waals surface area contributed by atoms with Gasteiger partial charge in [-0.15, -0.1) is 5.10 Å². The number of hydrogen-bond acceptors (Lipinski definition) is 4. The van der Waals surface area contributed by atoms with Crippen LogP contribution in [0.5, 0.6) is 0 Å². The van der Waals surface area contributed by atoms with Gasteiger partial charge in [0.15, 0.2) is 0 Å². The third kappa shape index (κ3) is 2.02. The molecule has 0 saturated heterocycles. The Morgan fingerprint density at radius 3 is 2.94 bits per heavy atom. The van der Waals surface area contributed by atoms with Gasteiger partial charge in [0, 0.05) is 24.3 Å². The Kier molecular flexibility index (Phi) is 3.10. The Balaban J connectivity index is 1.94. The Hall–Kier alpha value is -1.16. The van der Waals surface area contributed by atoms with E-state index < -0.39 is 0 Å². The number of nitrogens with one attached hydrogen (secondary N) is 1. The first-order valence-corrected chi connectivity index (χ1v) is 5.80. The molecule has 4 heteroatoms. The fourth-order valence-electron chi connectivity index (χ4n) is 2.17. The summed E-state index contributed by atoms with van der Waals surface area (Å²) in [4.78, 5) is 0. The zero-order chi connectivity index (χ0) is 11.6. The fraction of sp³-hybridized carbons (Fsp3) is 0.667. The highest BCUT2D eigenvalue weighted by Gasteiger charge is 2.48. The van der Waals surface area contributed by atoms with Gasteiger partial charge in [0.25, 0.3) is 0 Å². The smallest absolute Gasteiger partial charge is 0.148 e. The summed E-state index contributed by atoms with van der Waals surface area (Å²) in [5, 5.41) is 11.3. The molecule has 4 nitrogen and oxygen atoms in total. The van der Waals surface area contributed by atoms with Gasteiger partial charge in [-0.25, -0.2) is 0 Å². The zero-order valence-electron chi connectivity index (χ0n) is 10.1. The van der Waals surface area contributed by atoms with Gasteiger partial charge >= 0.3 is 0 Å². The lowest BCUT2D eigenvalue weighted by Crippen LogP contribution is -2.58. The maximum absolute atomic E-state index is 5.68. The lowest BCUT2D eigenvalue weighted by atomic mass is 9.64. The van der Waals surface area contributed by atoms with Crippen LogP contribution in [0.15, 0.2) is 18.3 Å². The summed E-state index contributed by atoms with van der Waals surface area (Å²) in [7, 11) is 0. The van der Waals surface area contributed by atoms with Crippen molar-refractivity contribution in [3.8, 4) is 0 Å². The monoisotopic (exact) mass is 221 g/mol. The summed E-state index contributed by atoms with van der Waals surface area (Å²) in [6, 6.07) is 4.25. The van der Waals surface area contributed by atoms with E-state index in [1.165, 1.54) is 0 Å². The van der Waals surface area contributed by atoms with E-state index >= 15 is 0 Å². The molecule has 1 fully saturated rings. The zero-order valence-corrected chi connectivity index (χ0v) is 10.1. The van der Waals surface area contributed by atoms with Crippen LogP contribution in [-0.2, 0) is 4.74 Å². The number of hydrogen-bond donors (Lipinski definition) is 1. The maximum Gasteiger partial charge on any atom is 0.148 e. The summed E-state index contributed by atoms with van der Waals surface area (Å²) in [6.07, 6.45) is 3.07. The predicted octanol–water partition coefficient (Wildman–Crippen LogP) is 2.09. The molecule has 1 aliphatic carbocycles.